The van der Waals surface area contributed by atoms with Gasteiger partial charge in [-0.1, -0.05) is 12.1 Å². The molecule has 2 unspecified atom stereocenters. The van der Waals surface area contributed by atoms with Gasteiger partial charge in [0, 0.05) is 31.1 Å². The Morgan fingerprint density at radius 1 is 1.20 bits per heavy atom. The number of rotatable bonds is 6. The van der Waals surface area contributed by atoms with E-state index in [2.05, 4.69) is 12.1 Å². The first-order chi connectivity index (χ1) is 12.2. The van der Waals surface area contributed by atoms with Gasteiger partial charge in [-0.05, 0) is 48.1 Å². The first-order valence-electron chi connectivity index (χ1n) is 8.38. The van der Waals surface area contributed by atoms with E-state index in [1.807, 2.05) is 24.5 Å². The minimum atomic E-state index is -0.312. The molecule has 0 bridgehead atoms. The van der Waals surface area contributed by atoms with Crippen LogP contribution in [0.15, 0.2) is 47.4 Å². The van der Waals surface area contributed by atoms with Gasteiger partial charge in [-0.15, -0.1) is 11.8 Å². The zero-order valence-electron chi connectivity index (χ0n) is 14.5. The summed E-state index contributed by atoms with van der Waals surface area (Å²) in [5.41, 5.74) is 1.85. The molecule has 2 atom stereocenters. The van der Waals surface area contributed by atoms with Gasteiger partial charge < -0.3 is 14.2 Å². The fourth-order valence-corrected chi connectivity index (χ4v) is 3.36. The van der Waals surface area contributed by atoms with Crippen LogP contribution in [0.5, 0.6) is 5.75 Å². The molecule has 3 rings (SSSR count). The largest absolute Gasteiger partial charge is 0.489 e. The Balaban J connectivity index is 1.68. The van der Waals surface area contributed by atoms with Crippen molar-refractivity contribution < 1.29 is 18.6 Å². The van der Waals surface area contributed by atoms with E-state index in [-0.39, 0.29) is 18.0 Å². The van der Waals surface area contributed by atoms with Crippen LogP contribution >= 0.6 is 11.8 Å². The topological polar surface area (TPSA) is 27.7 Å². The number of ether oxygens (including phenoxy) is 3. The third-order valence-corrected chi connectivity index (χ3v) is 5.14. The van der Waals surface area contributed by atoms with E-state index < -0.39 is 0 Å². The van der Waals surface area contributed by atoms with Crippen LogP contribution in [0, 0.1) is 5.82 Å². The Hall–Kier alpha value is -1.56. The molecule has 3 nitrogen and oxygen atoms in total. The van der Waals surface area contributed by atoms with Crippen LogP contribution in [0.25, 0.3) is 0 Å². The summed E-state index contributed by atoms with van der Waals surface area (Å²) in [4.78, 5) is 1.21. The van der Waals surface area contributed by atoms with Crippen molar-refractivity contribution in [3.63, 3.8) is 0 Å². The molecular formula is C20H23FO3S. The third-order valence-electron chi connectivity index (χ3n) is 4.40. The molecule has 2 aromatic rings. The maximum Gasteiger partial charge on any atom is 0.127 e. The predicted octanol–water partition coefficient (Wildman–Crippen LogP) is 4.99. The van der Waals surface area contributed by atoms with Crippen LogP contribution in [0.4, 0.5) is 4.39 Å². The molecule has 0 aliphatic carbocycles. The minimum Gasteiger partial charge on any atom is -0.489 e. The number of benzene rings is 2. The van der Waals surface area contributed by atoms with Crippen molar-refractivity contribution in [1.29, 1.82) is 0 Å². The van der Waals surface area contributed by atoms with E-state index in [1.165, 1.54) is 17.0 Å². The Morgan fingerprint density at radius 3 is 2.72 bits per heavy atom. The van der Waals surface area contributed by atoms with Gasteiger partial charge in [0.25, 0.3) is 0 Å². The highest BCUT2D eigenvalue weighted by Crippen LogP contribution is 2.32. The van der Waals surface area contributed by atoms with Gasteiger partial charge in [0.2, 0.25) is 0 Å². The molecular weight excluding hydrogens is 339 g/mol. The first kappa shape index (κ1) is 18.2. The summed E-state index contributed by atoms with van der Waals surface area (Å²) in [6, 6.07) is 13.0. The monoisotopic (exact) mass is 362 g/mol. The van der Waals surface area contributed by atoms with Crippen molar-refractivity contribution >= 4 is 11.8 Å². The molecule has 1 fully saturated rings. The van der Waals surface area contributed by atoms with E-state index in [9.17, 15) is 4.39 Å². The van der Waals surface area contributed by atoms with Gasteiger partial charge in [-0.3, -0.25) is 0 Å². The van der Waals surface area contributed by atoms with Crippen molar-refractivity contribution in [2.45, 2.75) is 36.6 Å². The smallest absolute Gasteiger partial charge is 0.127 e. The summed E-state index contributed by atoms with van der Waals surface area (Å²) in [6.45, 7) is 1.03. The van der Waals surface area contributed by atoms with Gasteiger partial charge >= 0.3 is 0 Å². The van der Waals surface area contributed by atoms with Crippen LogP contribution in [0.3, 0.4) is 0 Å². The second kappa shape index (κ2) is 8.70. The number of hydrogen-bond acceptors (Lipinski definition) is 4. The van der Waals surface area contributed by atoms with Crippen molar-refractivity contribution in [1.82, 2.24) is 0 Å². The van der Waals surface area contributed by atoms with Crippen LogP contribution in [-0.2, 0) is 16.1 Å². The average molecular weight is 362 g/mol. The summed E-state index contributed by atoms with van der Waals surface area (Å²) < 4.78 is 31.0. The molecule has 5 heteroatoms. The fraction of sp³-hybridized carbons (Fsp3) is 0.400. The second-order valence-electron chi connectivity index (χ2n) is 6.10. The highest BCUT2D eigenvalue weighted by molar-refractivity contribution is 7.98. The van der Waals surface area contributed by atoms with Crippen LogP contribution in [0.2, 0.25) is 0 Å². The molecule has 1 aliphatic rings. The molecule has 0 spiro atoms. The van der Waals surface area contributed by atoms with Crippen LogP contribution in [-0.4, -0.2) is 26.1 Å². The van der Waals surface area contributed by atoms with E-state index in [0.29, 0.717) is 19.0 Å². The standard InChI is InChI=1S/C20H23FO3S/c1-22-17-7-8-23-20(12-17)15-9-16(21)11-18(10-15)24-13-14-3-5-19(25-2)6-4-14/h3-6,9-11,17,20H,7-8,12-13H2,1-2H3. The molecule has 1 saturated heterocycles. The number of halogens is 1. The Morgan fingerprint density at radius 2 is 2.00 bits per heavy atom. The fourth-order valence-electron chi connectivity index (χ4n) is 2.95. The first-order valence-corrected chi connectivity index (χ1v) is 9.61. The van der Waals surface area contributed by atoms with Gasteiger partial charge in [0.1, 0.15) is 18.2 Å². The molecule has 0 N–H and O–H groups in total. The van der Waals surface area contributed by atoms with E-state index in [1.54, 1.807) is 18.9 Å². The Bertz CT molecular complexity index is 690. The zero-order chi connectivity index (χ0) is 17.6. The van der Waals surface area contributed by atoms with Crippen LogP contribution < -0.4 is 4.74 Å². The highest BCUT2D eigenvalue weighted by Gasteiger charge is 2.24. The van der Waals surface area contributed by atoms with Gasteiger partial charge in [-0.25, -0.2) is 4.39 Å². The minimum absolute atomic E-state index is 0.154. The van der Waals surface area contributed by atoms with Crippen molar-refractivity contribution in [2.75, 3.05) is 20.0 Å². The molecule has 1 heterocycles. The molecule has 134 valence electrons. The molecule has 25 heavy (non-hydrogen) atoms. The lowest BCUT2D eigenvalue weighted by Gasteiger charge is -2.29. The average Bonchev–Trinajstić information content (AvgIpc) is 2.66. The normalized spacial score (nSPS) is 20.4. The SMILES string of the molecule is COC1CCOC(c2cc(F)cc(OCc3ccc(SC)cc3)c2)C1. The molecule has 1 aliphatic heterocycles. The van der Waals surface area contributed by atoms with Crippen molar-refractivity contribution in [3.8, 4) is 5.75 Å². The summed E-state index contributed by atoms with van der Waals surface area (Å²) >= 11 is 1.70. The summed E-state index contributed by atoms with van der Waals surface area (Å²) in [7, 11) is 1.70. The maximum absolute atomic E-state index is 14.0. The molecule has 0 saturated carbocycles. The van der Waals surface area contributed by atoms with Crippen LogP contribution in [0.1, 0.15) is 30.1 Å². The van der Waals surface area contributed by atoms with E-state index >= 15 is 0 Å². The number of hydrogen-bond donors (Lipinski definition) is 0. The number of methoxy groups -OCH3 is 1. The van der Waals surface area contributed by atoms with E-state index in [0.717, 1.165) is 24.0 Å². The summed E-state index contributed by atoms with van der Waals surface area (Å²) in [6.07, 6.45) is 3.65. The zero-order valence-corrected chi connectivity index (χ0v) is 15.4. The van der Waals surface area contributed by atoms with Crippen molar-refractivity contribution in [2.24, 2.45) is 0 Å². The van der Waals surface area contributed by atoms with Gasteiger partial charge in [0.05, 0.1) is 12.2 Å². The second-order valence-corrected chi connectivity index (χ2v) is 6.98. The molecule has 0 amide bonds. The summed E-state index contributed by atoms with van der Waals surface area (Å²) in [5.74, 6) is 0.209. The Labute approximate surface area is 152 Å². The van der Waals surface area contributed by atoms with Gasteiger partial charge in [-0.2, -0.15) is 0 Å². The quantitative estimate of drug-likeness (QED) is 0.677. The number of thioether (sulfide) groups is 1. The molecule has 0 aromatic heterocycles. The predicted molar refractivity (Wildman–Crippen MR) is 97.7 cm³/mol. The lowest BCUT2D eigenvalue weighted by atomic mass is 9.99. The third kappa shape index (κ3) is 4.97. The molecule has 0 radical (unpaired) electrons. The highest BCUT2D eigenvalue weighted by atomic mass is 32.2. The molecule has 2 aromatic carbocycles. The van der Waals surface area contributed by atoms with Gasteiger partial charge in [0.15, 0.2) is 0 Å². The summed E-state index contributed by atoms with van der Waals surface area (Å²) in [5, 5.41) is 0. The lowest BCUT2D eigenvalue weighted by molar-refractivity contribution is -0.0600. The Kier molecular flexibility index (Phi) is 6.34. The maximum atomic E-state index is 14.0. The van der Waals surface area contributed by atoms with E-state index in [4.69, 9.17) is 14.2 Å². The lowest BCUT2D eigenvalue weighted by Crippen LogP contribution is -2.25. The van der Waals surface area contributed by atoms with Crippen molar-refractivity contribution in [3.05, 3.63) is 59.4 Å².